The third-order valence-corrected chi connectivity index (χ3v) is 26.7. The van der Waals surface area contributed by atoms with Gasteiger partial charge in [0.05, 0.1) is 151 Å². The molecular weight excluding hydrogens is 1970 g/mol. The summed E-state index contributed by atoms with van der Waals surface area (Å²) in [4.78, 5) is 134. The summed E-state index contributed by atoms with van der Waals surface area (Å²) in [5, 5.41) is 45.1. The normalized spacial score (nSPS) is 24.4. The largest absolute Gasteiger partial charge is 0.465 e. The van der Waals surface area contributed by atoms with Crippen molar-refractivity contribution in [1.82, 2.24) is 0 Å². The summed E-state index contributed by atoms with van der Waals surface area (Å²) < 4.78 is 132. The van der Waals surface area contributed by atoms with E-state index in [0.29, 0.717) is 83.0 Å². The van der Waals surface area contributed by atoms with Crippen LogP contribution in [0.5, 0.6) is 0 Å². The van der Waals surface area contributed by atoms with Crippen molar-refractivity contribution in [2.45, 2.75) is 274 Å². The second-order valence-electron chi connectivity index (χ2n) is 39.6. The van der Waals surface area contributed by atoms with Crippen LogP contribution in [0.4, 0.5) is 22.7 Å². The Bertz CT molecular complexity index is 5580. The molecule has 6 aliphatic rings. The highest BCUT2D eigenvalue weighted by Crippen LogP contribution is 2.47. The number of nitro groups is 4. The summed E-state index contributed by atoms with van der Waals surface area (Å²) in [6, 6.07) is 39.3. The van der Waals surface area contributed by atoms with E-state index in [1.807, 2.05) is 109 Å². The molecule has 0 spiro atoms. The van der Waals surface area contributed by atoms with Gasteiger partial charge in [0, 0.05) is 114 Å². The molecule has 39 nitrogen and oxygen atoms in total. The molecule has 20 atom stereocenters. The quantitative estimate of drug-likeness (QED) is 0.00855. The molecule has 0 aromatic heterocycles. The molecule has 0 aliphatic carbocycles. The van der Waals surface area contributed by atoms with Crippen molar-refractivity contribution in [3.63, 3.8) is 0 Å². The lowest BCUT2D eigenvalue weighted by atomic mass is 9.79. The first-order chi connectivity index (χ1) is 70.4. The minimum absolute atomic E-state index is 0.00838. The SMILES string of the molecule is C=C1C[C@H](CCCOC(=O)C(C)(C)C)OC1CC[C@H]1C[C@@H](C)C(=C)C(C[C@@H]2O[C@H](C[C@@H](COC(=O)c3ccc([N+](=O)[O-])cc3)OC(=O)c3ccc([N+](=O)[O-])cc3)[C@H](OC)[C@H]2Cc2ccccc2)O1.C=C1C[C@H](CCCOC(=O)C(C)(C)C)OC1CC[C@H]1C[C@@](C)(OC(=O)COC)C(=C)C(C[C@@H]2O[C@H](C[C@@H](COC(=O)c3ccc([N+](=O)[O-])cc3)OC(=O)c3ccc([N+](=O)[O-])cc3)[C@H](OC)[C@H]2Cc2ccccc2)O1.O=S=O.O=S=O. The highest BCUT2D eigenvalue weighted by atomic mass is 32.1. The van der Waals surface area contributed by atoms with Gasteiger partial charge in [-0.05, 0) is 220 Å². The van der Waals surface area contributed by atoms with Crippen LogP contribution >= 0.6 is 0 Å². The second-order valence-corrected chi connectivity index (χ2v) is 39.9. The van der Waals surface area contributed by atoms with Gasteiger partial charge in [-0.15, -0.1) is 0 Å². The molecule has 0 radical (unpaired) electrons. The van der Waals surface area contributed by atoms with Crippen LogP contribution in [-0.4, -0.2) is 236 Å². The van der Waals surface area contributed by atoms with Crippen molar-refractivity contribution in [1.29, 1.82) is 0 Å². The number of rotatable bonds is 45. The number of hydrogen-bond acceptors (Lipinski definition) is 35. The van der Waals surface area contributed by atoms with Crippen molar-refractivity contribution in [3.05, 3.63) is 280 Å². The molecule has 12 rings (SSSR count). The standard InChI is InChI=1S/C55H68N2O17.C52H64N2O14.2O2S/c1-34-27-41(15-12-26-68-53(61)54(3,4)5)70-45(34)25-24-42-31-55(6,74-49(58)33-66-7)35(2)46(71-42)30-47-44(28-36-13-10-9-11-14-36)50(67-8)48(73-47)29-43(72-52(60)38-18-22-40(23-19-38)57(64)65)32-69-51(59)37-16-20-39(21-17-37)56(62)63;1-32-26-41(23-24-44-33(2)27-40(65-44)14-11-25-63-51(57)52(4,5)6)66-45(34(32)3)30-46-43(28-35-12-9-8-10-13-35)48(62-7)47(68-46)29-42(67-50(56)37-17-21-39(22-18-37)54(60)61)31-64-49(55)36-15-19-38(20-16-36)53(58)59;2*1-3-2/h9-11,13-14,16-23,41-48,50H,1-2,12,15,24-33H2,3-8H3;8-10,12-13,15-22,32,40-48H,2-3,11,14,23-31H2,1,4-7H3;;/t41-,42-,43-,44-,45?,46?,47-,48+,50+,55+;32-,40+,41+,42+,43+,44?,45?,46+,47-,48-;;/m01../s1. The average molecular weight is 2100 g/mol. The number of hydrogen-bond donors (Lipinski definition) is 0. The van der Waals surface area contributed by atoms with Crippen LogP contribution in [0.3, 0.4) is 0 Å². The lowest BCUT2D eigenvalue weighted by Gasteiger charge is -2.45. The minimum atomic E-state index is -1.16. The Kier molecular flexibility index (Phi) is 46.1. The van der Waals surface area contributed by atoms with Crippen LogP contribution in [0.15, 0.2) is 206 Å². The number of carbonyl (C=O) groups is 7. The zero-order chi connectivity index (χ0) is 108. The number of carbonyl (C=O) groups excluding carboxylic acids is 7. The number of esters is 7. The predicted molar refractivity (Wildman–Crippen MR) is 537 cm³/mol. The van der Waals surface area contributed by atoms with E-state index in [-0.39, 0.29) is 137 Å². The molecule has 6 aromatic rings. The molecule has 802 valence electrons. The van der Waals surface area contributed by atoms with Gasteiger partial charge >= 0.3 is 64.9 Å². The molecule has 41 heteroatoms. The smallest absolute Gasteiger partial charge is 0.338 e. The first-order valence-corrected chi connectivity index (χ1v) is 50.2. The summed E-state index contributed by atoms with van der Waals surface area (Å²) in [6.45, 7) is 32.1. The van der Waals surface area contributed by atoms with Crippen LogP contribution in [-0.2, 0) is 126 Å². The van der Waals surface area contributed by atoms with Gasteiger partial charge in [-0.2, -0.15) is 16.8 Å². The summed E-state index contributed by atoms with van der Waals surface area (Å²) in [5.74, 6) is -4.64. The second kappa shape index (κ2) is 57.3. The van der Waals surface area contributed by atoms with E-state index >= 15 is 0 Å². The van der Waals surface area contributed by atoms with Gasteiger partial charge in [-0.1, -0.05) is 93.9 Å². The number of ether oxygens (including phenoxy) is 16. The van der Waals surface area contributed by atoms with Gasteiger partial charge in [0.15, 0.2) is 0 Å². The van der Waals surface area contributed by atoms with E-state index in [0.717, 1.165) is 60.0 Å². The molecule has 6 fully saturated rings. The van der Waals surface area contributed by atoms with Crippen LogP contribution in [0.25, 0.3) is 0 Å². The Morgan fingerprint density at radius 2 is 0.784 bits per heavy atom. The first-order valence-electron chi connectivity index (χ1n) is 48.8. The molecule has 6 aromatic carbocycles. The van der Waals surface area contributed by atoms with Gasteiger partial charge in [-0.25, -0.2) is 24.0 Å². The fourth-order valence-electron chi connectivity index (χ4n) is 18.9. The highest BCUT2D eigenvalue weighted by Gasteiger charge is 2.53. The molecule has 0 amide bonds. The molecule has 6 aliphatic heterocycles. The third kappa shape index (κ3) is 35.6. The molecule has 4 unspecified atom stereocenters. The van der Waals surface area contributed by atoms with Crippen LogP contribution in [0.2, 0.25) is 0 Å². The number of nitrogens with zero attached hydrogens (tertiary/aromatic N) is 4. The van der Waals surface area contributed by atoms with Gasteiger partial charge in [0.1, 0.15) is 37.6 Å². The molecular formula is C107H132N4O35S2. The van der Waals surface area contributed by atoms with Crippen LogP contribution in [0, 0.1) is 69.0 Å². The van der Waals surface area contributed by atoms with Gasteiger partial charge < -0.3 is 75.8 Å². The average Bonchev–Trinajstić information content (AvgIpc) is 1.51. The highest BCUT2D eigenvalue weighted by molar-refractivity contribution is 7.52. The Morgan fingerprint density at radius 1 is 0.439 bits per heavy atom. The summed E-state index contributed by atoms with van der Waals surface area (Å²) in [7, 11) is 4.57. The van der Waals surface area contributed by atoms with E-state index in [2.05, 4.69) is 33.2 Å². The maximum atomic E-state index is 13.7. The zero-order valence-corrected chi connectivity index (χ0v) is 86.6. The molecule has 6 heterocycles. The molecule has 6 saturated heterocycles. The number of non-ortho nitro benzene ring substituents is 4. The molecule has 0 saturated carbocycles. The first kappa shape index (κ1) is 119. The van der Waals surface area contributed by atoms with E-state index < -0.39 is 163 Å². The Hall–Kier alpha value is -12.6. The van der Waals surface area contributed by atoms with Crippen molar-refractivity contribution >= 4 is 87.7 Å². The predicted octanol–water partition coefficient (Wildman–Crippen LogP) is 17.0. The number of benzene rings is 6. The molecule has 0 N–H and O–H groups in total. The van der Waals surface area contributed by atoms with Gasteiger partial charge in [0.2, 0.25) is 0 Å². The van der Waals surface area contributed by atoms with Crippen LogP contribution in [0.1, 0.15) is 211 Å². The fourth-order valence-corrected chi connectivity index (χ4v) is 18.9. The molecule has 0 bridgehead atoms. The molecule has 148 heavy (non-hydrogen) atoms. The van der Waals surface area contributed by atoms with Crippen molar-refractivity contribution in [3.8, 4) is 0 Å². The lowest BCUT2D eigenvalue weighted by Crippen LogP contribution is -2.50. The maximum absolute atomic E-state index is 13.7. The van der Waals surface area contributed by atoms with Crippen molar-refractivity contribution in [2.75, 3.05) is 54.4 Å². The fraction of sp³-hybridized carbons (Fsp3) is 0.523. The van der Waals surface area contributed by atoms with Crippen molar-refractivity contribution < 1.29 is 146 Å². The number of nitro benzene ring substituents is 4. The topological polar surface area (TPSA) is 508 Å². The number of methoxy groups -OCH3 is 3. The summed E-state index contributed by atoms with van der Waals surface area (Å²) in [6.07, 6.45) is 2.23. The monoisotopic (exact) mass is 2100 g/mol. The third-order valence-electron chi connectivity index (χ3n) is 26.7. The minimum Gasteiger partial charge on any atom is -0.465 e. The zero-order valence-electron chi connectivity index (χ0n) is 85.0. The lowest BCUT2D eigenvalue weighted by molar-refractivity contribution is -0.385. The van der Waals surface area contributed by atoms with E-state index in [9.17, 15) is 74.0 Å². The summed E-state index contributed by atoms with van der Waals surface area (Å²) >= 11 is -1.50. The Morgan fingerprint density at radius 3 is 1.14 bits per heavy atom. The van der Waals surface area contributed by atoms with Crippen molar-refractivity contribution in [2.24, 2.45) is 28.6 Å². The Labute approximate surface area is 866 Å². The maximum Gasteiger partial charge on any atom is 0.338 e. The van der Waals surface area contributed by atoms with E-state index in [1.165, 1.54) is 104 Å². The van der Waals surface area contributed by atoms with Gasteiger partial charge in [-0.3, -0.25) is 50.0 Å². The van der Waals surface area contributed by atoms with E-state index in [1.54, 1.807) is 14.2 Å². The Balaban J connectivity index is 0.000000313. The van der Waals surface area contributed by atoms with Crippen LogP contribution < -0.4 is 0 Å². The summed E-state index contributed by atoms with van der Waals surface area (Å²) in [5.41, 5.74) is 2.59. The van der Waals surface area contributed by atoms with E-state index in [4.69, 9.17) is 92.6 Å². The van der Waals surface area contributed by atoms with Gasteiger partial charge in [0.25, 0.3) is 22.7 Å².